The number of allylic oxidation sites excluding steroid dienone is 1. The normalized spacial score (nSPS) is 36.6. The van der Waals surface area contributed by atoms with Gasteiger partial charge in [0.05, 0.1) is 12.2 Å². The maximum Gasteiger partial charge on any atom is 0.0726 e. The van der Waals surface area contributed by atoms with E-state index in [0.29, 0.717) is 12.2 Å². The molecular weight excluding hydrogens is 188 g/mol. The molecule has 0 saturated carbocycles. The van der Waals surface area contributed by atoms with Crippen molar-refractivity contribution in [3.05, 3.63) is 23.9 Å². The third kappa shape index (κ3) is 2.61. The quantitative estimate of drug-likeness (QED) is 0.705. The van der Waals surface area contributed by atoms with Crippen LogP contribution in [0.15, 0.2) is 23.9 Å². The number of nitrogens with two attached hydrogens (primary N) is 1. The summed E-state index contributed by atoms with van der Waals surface area (Å²) >= 11 is 0. The van der Waals surface area contributed by atoms with Crippen LogP contribution in [0.3, 0.4) is 0 Å². The zero-order valence-corrected chi connectivity index (χ0v) is 9.52. The predicted octanol–water partition coefficient (Wildman–Crippen LogP) is 1.27. The van der Waals surface area contributed by atoms with Crippen LogP contribution in [-0.4, -0.2) is 36.2 Å². The molecule has 0 spiro atoms. The smallest absolute Gasteiger partial charge is 0.0726 e. The van der Waals surface area contributed by atoms with Gasteiger partial charge >= 0.3 is 0 Å². The molecule has 0 aromatic heterocycles. The lowest BCUT2D eigenvalue weighted by Gasteiger charge is -2.38. The van der Waals surface area contributed by atoms with Gasteiger partial charge in [-0.3, -0.25) is 0 Å². The molecule has 1 aliphatic heterocycles. The first-order chi connectivity index (χ1) is 7.15. The minimum Gasteiger partial charge on any atom is -0.372 e. The van der Waals surface area contributed by atoms with Gasteiger partial charge in [0.25, 0.3) is 0 Å². The lowest BCUT2D eigenvalue weighted by Crippen LogP contribution is -2.44. The van der Waals surface area contributed by atoms with Crippen molar-refractivity contribution in [2.45, 2.75) is 38.5 Å². The van der Waals surface area contributed by atoms with Crippen LogP contribution in [0.4, 0.5) is 0 Å². The number of ether oxygens (including phenoxy) is 1. The fraction of sp³-hybridized carbons (Fsp3) is 0.667. The predicted molar refractivity (Wildman–Crippen MR) is 61.4 cm³/mol. The SMILES string of the molecule is CC1CN(C2=CCC(N)C=C2)C[C@@H](C)O1. The first kappa shape index (κ1) is 10.7. The largest absolute Gasteiger partial charge is 0.372 e. The molecule has 2 N–H and O–H groups in total. The van der Waals surface area contributed by atoms with Crippen molar-refractivity contribution in [2.75, 3.05) is 13.1 Å². The fourth-order valence-corrected chi connectivity index (χ4v) is 2.25. The Hall–Kier alpha value is -0.800. The summed E-state index contributed by atoms with van der Waals surface area (Å²) in [5, 5.41) is 0. The van der Waals surface area contributed by atoms with E-state index in [2.05, 4.69) is 37.0 Å². The van der Waals surface area contributed by atoms with Gasteiger partial charge in [0.2, 0.25) is 0 Å². The molecule has 2 aliphatic rings. The summed E-state index contributed by atoms with van der Waals surface area (Å²) < 4.78 is 5.71. The third-order valence-electron chi connectivity index (χ3n) is 2.90. The highest BCUT2D eigenvalue weighted by Crippen LogP contribution is 2.19. The molecule has 2 unspecified atom stereocenters. The summed E-state index contributed by atoms with van der Waals surface area (Å²) in [6, 6.07) is 0.199. The molecule has 84 valence electrons. The molecule has 3 atom stereocenters. The van der Waals surface area contributed by atoms with Crippen molar-refractivity contribution in [3.63, 3.8) is 0 Å². The van der Waals surface area contributed by atoms with E-state index in [-0.39, 0.29) is 6.04 Å². The summed E-state index contributed by atoms with van der Waals surface area (Å²) in [5.74, 6) is 0. The Morgan fingerprint density at radius 3 is 2.53 bits per heavy atom. The van der Waals surface area contributed by atoms with Gasteiger partial charge in [-0.1, -0.05) is 12.2 Å². The third-order valence-corrected chi connectivity index (χ3v) is 2.90. The van der Waals surface area contributed by atoms with Gasteiger partial charge in [-0.2, -0.15) is 0 Å². The molecular formula is C12H20N2O. The van der Waals surface area contributed by atoms with Crippen LogP contribution in [0.1, 0.15) is 20.3 Å². The van der Waals surface area contributed by atoms with Crippen molar-refractivity contribution in [1.29, 1.82) is 0 Å². The molecule has 1 saturated heterocycles. The van der Waals surface area contributed by atoms with Crippen LogP contribution in [0.25, 0.3) is 0 Å². The molecule has 0 aromatic carbocycles. The lowest BCUT2D eigenvalue weighted by atomic mass is 10.1. The number of hydrogen-bond acceptors (Lipinski definition) is 3. The second kappa shape index (κ2) is 4.37. The average Bonchev–Trinajstić information content (AvgIpc) is 2.17. The average molecular weight is 208 g/mol. The van der Waals surface area contributed by atoms with E-state index in [9.17, 15) is 0 Å². The van der Waals surface area contributed by atoms with Gasteiger partial charge < -0.3 is 15.4 Å². The Morgan fingerprint density at radius 1 is 1.33 bits per heavy atom. The maximum atomic E-state index is 5.81. The second-order valence-corrected chi connectivity index (χ2v) is 4.55. The number of nitrogens with zero attached hydrogens (tertiary/aromatic N) is 1. The minimum atomic E-state index is 0.199. The maximum absolute atomic E-state index is 5.81. The van der Waals surface area contributed by atoms with E-state index in [1.54, 1.807) is 0 Å². The van der Waals surface area contributed by atoms with Gasteiger partial charge in [0.15, 0.2) is 0 Å². The molecule has 2 rings (SSSR count). The van der Waals surface area contributed by atoms with Gasteiger partial charge in [-0.05, 0) is 26.3 Å². The molecule has 0 bridgehead atoms. The van der Waals surface area contributed by atoms with E-state index < -0.39 is 0 Å². The molecule has 1 heterocycles. The minimum absolute atomic E-state index is 0.199. The summed E-state index contributed by atoms with van der Waals surface area (Å²) in [7, 11) is 0. The molecule has 3 heteroatoms. The first-order valence-electron chi connectivity index (χ1n) is 5.69. The van der Waals surface area contributed by atoms with E-state index in [4.69, 9.17) is 10.5 Å². The molecule has 0 radical (unpaired) electrons. The molecule has 1 fully saturated rings. The van der Waals surface area contributed by atoms with Crippen LogP contribution in [0.2, 0.25) is 0 Å². The Balaban J connectivity index is 2.01. The van der Waals surface area contributed by atoms with Crippen LogP contribution >= 0.6 is 0 Å². The number of hydrogen-bond donors (Lipinski definition) is 1. The first-order valence-corrected chi connectivity index (χ1v) is 5.69. The molecule has 15 heavy (non-hydrogen) atoms. The van der Waals surface area contributed by atoms with Crippen LogP contribution < -0.4 is 5.73 Å². The van der Waals surface area contributed by atoms with Crippen molar-refractivity contribution in [1.82, 2.24) is 4.90 Å². The van der Waals surface area contributed by atoms with E-state index in [1.807, 2.05) is 0 Å². The lowest BCUT2D eigenvalue weighted by molar-refractivity contribution is -0.0568. The summed E-state index contributed by atoms with van der Waals surface area (Å²) in [6.45, 7) is 6.22. The van der Waals surface area contributed by atoms with Crippen molar-refractivity contribution in [2.24, 2.45) is 5.73 Å². The van der Waals surface area contributed by atoms with Gasteiger partial charge in [0.1, 0.15) is 0 Å². The standard InChI is InChI=1S/C12H20N2O/c1-9-7-14(8-10(2)15-9)12-5-3-11(13)4-6-12/h3,5-6,9-11H,4,7-8,13H2,1-2H3/t9-,10?,11?/m1/s1. The summed E-state index contributed by atoms with van der Waals surface area (Å²) in [5.41, 5.74) is 7.11. The number of rotatable bonds is 1. The molecule has 3 nitrogen and oxygen atoms in total. The van der Waals surface area contributed by atoms with Crippen molar-refractivity contribution < 1.29 is 4.74 Å². The summed E-state index contributed by atoms with van der Waals surface area (Å²) in [6.07, 6.45) is 8.04. The molecule has 1 aliphatic carbocycles. The Bertz CT molecular complexity index is 275. The van der Waals surface area contributed by atoms with Crippen LogP contribution in [-0.2, 0) is 4.74 Å². The van der Waals surface area contributed by atoms with E-state index in [1.165, 1.54) is 5.70 Å². The van der Waals surface area contributed by atoms with Crippen molar-refractivity contribution in [3.8, 4) is 0 Å². The van der Waals surface area contributed by atoms with Crippen LogP contribution in [0.5, 0.6) is 0 Å². The van der Waals surface area contributed by atoms with E-state index >= 15 is 0 Å². The zero-order chi connectivity index (χ0) is 10.8. The van der Waals surface area contributed by atoms with Gasteiger partial charge in [-0.25, -0.2) is 0 Å². The zero-order valence-electron chi connectivity index (χ0n) is 9.52. The Kier molecular flexibility index (Phi) is 3.12. The van der Waals surface area contributed by atoms with Crippen LogP contribution in [0, 0.1) is 0 Å². The highest BCUT2D eigenvalue weighted by Gasteiger charge is 2.23. The topological polar surface area (TPSA) is 38.5 Å². The Labute approximate surface area is 91.6 Å². The van der Waals surface area contributed by atoms with Gasteiger partial charge in [-0.15, -0.1) is 0 Å². The Morgan fingerprint density at radius 2 is 2.00 bits per heavy atom. The second-order valence-electron chi connectivity index (χ2n) is 4.55. The monoisotopic (exact) mass is 208 g/mol. The van der Waals surface area contributed by atoms with E-state index in [0.717, 1.165) is 19.5 Å². The fourth-order valence-electron chi connectivity index (χ4n) is 2.25. The van der Waals surface area contributed by atoms with Crippen molar-refractivity contribution >= 4 is 0 Å². The van der Waals surface area contributed by atoms with Gasteiger partial charge in [0, 0.05) is 24.8 Å². The summed E-state index contributed by atoms with van der Waals surface area (Å²) in [4.78, 5) is 2.39. The highest BCUT2D eigenvalue weighted by atomic mass is 16.5. The number of morpholine rings is 1. The molecule has 0 amide bonds. The molecule has 0 aromatic rings. The highest BCUT2D eigenvalue weighted by molar-refractivity contribution is 5.24.